The van der Waals surface area contributed by atoms with Crippen molar-refractivity contribution in [2.45, 2.75) is 6.41 Å². The summed E-state index contributed by atoms with van der Waals surface area (Å²) in [5, 5.41) is 9.26. The molecule has 0 bridgehead atoms. The quantitative estimate of drug-likeness (QED) is 0.758. The minimum Gasteiger partial charge on any atom is -0.444 e. The molecule has 13 heavy (non-hydrogen) atoms. The zero-order valence-electron chi connectivity index (χ0n) is 6.79. The SMILES string of the molecule is CN1c2c(F)cc(Br)cc2OC1O. The van der Waals surface area contributed by atoms with Crippen molar-refractivity contribution >= 4 is 21.6 Å². The fourth-order valence-corrected chi connectivity index (χ4v) is 1.69. The van der Waals surface area contributed by atoms with E-state index in [1.807, 2.05) is 0 Å². The summed E-state index contributed by atoms with van der Waals surface area (Å²) in [6, 6.07) is 2.95. The molecule has 0 amide bonds. The zero-order chi connectivity index (χ0) is 9.59. The van der Waals surface area contributed by atoms with Crippen LogP contribution in [0.15, 0.2) is 16.6 Å². The van der Waals surface area contributed by atoms with Gasteiger partial charge in [-0.05, 0) is 12.1 Å². The third-order valence-corrected chi connectivity index (χ3v) is 2.37. The van der Waals surface area contributed by atoms with Gasteiger partial charge in [-0.3, -0.25) is 0 Å². The van der Waals surface area contributed by atoms with Gasteiger partial charge in [0, 0.05) is 11.5 Å². The van der Waals surface area contributed by atoms with Crippen LogP contribution in [0.1, 0.15) is 0 Å². The highest BCUT2D eigenvalue weighted by molar-refractivity contribution is 9.10. The van der Waals surface area contributed by atoms with Crippen LogP contribution < -0.4 is 9.64 Å². The van der Waals surface area contributed by atoms with Crippen molar-refractivity contribution in [1.29, 1.82) is 0 Å². The van der Waals surface area contributed by atoms with E-state index in [9.17, 15) is 9.50 Å². The summed E-state index contributed by atoms with van der Waals surface area (Å²) in [5.41, 5.74) is 0.288. The Morgan fingerprint density at radius 2 is 2.31 bits per heavy atom. The molecule has 0 spiro atoms. The van der Waals surface area contributed by atoms with E-state index in [-0.39, 0.29) is 5.69 Å². The van der Waals surface area contributed by atoms with E-state index in [1.165, 1.54) is 11.0 Å². The average Bonchev–Trinajstić information content (AvgIpc) is 2.27. The van der Waals surface area contributed by atoms with E-state index in [2.05, 4.69) is 15.9 Å². The lowest BCUT2D eigenvalue weighted by Crippen LogP contribution is -2.30. The Hall–Kier alpha value is -0.810. The lowest BCUT2D eigenvalue weighted by molar-refractivity contribution is 0.000901. The molecule has 1 aromatic rings. The largest absolute Gasteiger partial charge is 0.444 e. The molecule has 1 N–H and O–H groups in total. The van der Waals surface area contributed by atoms with Crippen LogP contribution in [0, 0.1) is 5.82 Å². The minimum absolute atomic E-state index is 0.288. The van der Waals surface area contributed by atoms with E-state index in [0.29, 0.717) is 10.2 Å². The second-order valence-electron chi connectivity index (χ2n) is 2.79. The summed E-state index contributed by atoms with van der Waals surface area (Å²) in [6.45, 7) is 0. The molecule has 1 aliphatic heterocycles. The van der Waals surface area contributed by atoms with Crippen LogP contribution in [-0.4, -0.2) is 18.6 Å². The molecule has 0 fully saturated rings. The number of aliphatic hydroxyl groups is 1. The highest BCUT2D eigenvalue weighted by Crippen LogP contribution is 2.39. The highest BCUT2D eigenvalue weighted by Gasteiger charge is 2.29. The van der Waals surface area contributed by atoms with E-state index < -0.39 is 12.2 Å². The fourth-order valence-electron chi connectivity index (χ4n) is 1.28. The first-order valence-corrected chi connectivity index (χ1v) is 4.45. The third-order valence-electron chi connectivity index (χ3n) is 1.91. The second-order valence-corrected chi connectivity index (χ2v) is 3.71. The molecule has 0 radical (unpaired) electrons. The van der Waals surface area contributed by atoms with E-state index in [4.69, 9.17) is 4.74 Å². The first-order chi connectivity index (χ1) is 6.09. The predicted molar refractivity (Wildman–Crippen MR) is 49.1 cm³/mol. The monoisotopic (exact) mass is 247 g/mol. The molecule has 1 heterocycles. The molecule has 0 aliphatic carbocycles. The number of fused-ring (bicyclic) bond motifs is 1. The molecule has 3 nitrogen and oxygen atoms in total. The lowest BCUT2D eigenvalue weighted by Gasteiger charge is -2.13. The Morgan fingerprint density at radius 1 is 1.62 bits per heavy atom. The van der Waals surface area contributed by atoms with Crippen molar-refractivity contribution in [2.75, 3.05) is 11.9 Å². The van der Waals surface area contributed by atoms with Gasteiger partial charge in [-0.2, -0.15) is 0 Å². The number of ether oxygens (including phenoxy) is 1. The van der Waals surface area contributed by atoms with Gasteiger partial charge >= 0.3 is 0 Å². The van der Waals surface area contributed by atoms with Crippen molar-refractivity contribution in [3.05, 3.63) is 22.4 Å². The fraction of sp³-hybridized carbons (Fsp3) is 0.250. The molecular formula is C8H7BrFNO2. The van der Waals surface area contributed by atoms with E-state index in [1.54, 1.807) is 13.1 Å². The van der Waals surface area contributed by atoms with Crippen LogP contribution in [-0.2, 0) is 0 Å². The Balaban J connectivity index is 2.57. The summed E-state index contributed by atoms with van der Waals surface area (Å²) < 4.78 is 18.9. The standard InChI is InChI=1S/C8H7BrFNO2/c1-11-7-5(10)2-4(9)3-6(7)13-8(11)12/h2-3,8,12H,1H3. The summed E-state index contributed by atoms with van der Waals surface area (Å²) in [4.78, 5) is 1.33. The summed E-state index contributed by atoms with van der Waals surface area (Å²) in [6.07, 6.45) is -1.10. The summed E-state index contributed by atoms with van der Waals surface area (Å²) in [7, 11) is 1.56. The molecule has 70 valence electrons. The molecular weight excluding hydrogens is 241 g/mol. The molecule has 0 saturated heterocycles. The number of nitrogens with zero attached hydrogens (tertiary/aromatic N) is 1. The van der Waals surface area contributed by atoms with Gasteiger partial charge in [0.15, 0.2) is 11.6 Å². The Labute approximate surface area is 82.9 Å². The number of hydrogen-bond acceptors (Lipinski definition) is 3. The Bertz CT molecular complexity index is 358. The van der Waals surface area contributed by atoms with Crippen molar-refractivity contribution in [3.8, 4) is 5.75 Å². The molecule has 0 aromatic heterocycles. The number of benzene rings is 1. The number of rotatable bonds is 0. The average molecular weight is 248 g/mol. The van der Waals surface area contributed by atoms with Gasteiger partial charge < -0.3 is 14.7 Å². The maximum atomic E-state index is 13.3. The van der Waals surface area contributed by atoms with Gasteiger partial charge in [0.05, 0.1) is 0 Å². The van der Waals surface area contributed by atoms with Crippen LogP contribution in [0.5, 0.6) is 5.75 Å². The number of hydrogen-bond donors (Lipinski definition) is 1. The van der Waals surface area contributed by atoms with Gasteiger partial charge in [-0.15, -0.1) is 0 Å². The Morgan fingerprint density at radius 3 is 3.00 bits per heavy atom. The molecule has 1 aliphatic rings. The van der Waals surface area contributed by atoms with Crippen LogP contribution in [0.2, 0.25) is 0 Å². The molecule has 0 saturated carbocycles. The van der Waals surface area contributed by atoms with Crippen LogP contribution in [0.4, 0.5) is 10.1 Å². The topological polar surface area (TPSA) is 32.7 Å². The molecule has 1 aromatic carbocycles. The van der Waals surface area contributed by atoms with Gasteiger partial charge in [0.2, 0.25) is 0 Å². The summed E-state index contributed by atoms with van der Waals surface area (Å²) >= 11 is 3.14. The first-order valence-electron chi connectivity index (χ1n) is 3.66. The van der Waals surface area contributed by atoms with Gasteiger partial charge in [-0.25, -0.2) is 4.39 Å². The first kappa shape index (κ1) is 8.77. The van der Waals surface area contributed by atoms with Crippen molar-refractivity contribution < 1.29 is 14.2 Å². The number of halogens is 2. The normalized spacial score (nSPS) is 20.0. The molecule has 1 atom stereocenters. The summed E-state index contributed by atoms with van der Waals surface area (Å²) in [5.74, 6) is -0.0645. The van der Waals surface area contributed by atoms with E-state index >= 15 is 0 Å². The second kappa shape index (κ2) is 2.85. The minimum atomic E-state index is -1.10. The van der Waals surface area contributed by atoms with Crippen LogP contribution in [0.25, 0.3) is 0 Å². The maximum Gasteiger partial charge on any atom is 0.281 e. The molecule has 2 rings (SSSR count). The van der Waals surface area contributed by atoms with E-state index in [0.717, 1.165) is 0 Å². The molecule has 1 unspecified atom stereocenters. The number of anilines is 1. The predicted octanol–water partition coefficient (Wildman–Crippen LogP) is 1.69. The highest BCUT2D eigenvalue weighted by atomic mass is 79.9. The Kier molecular flexibility index (Phi) is 1.92. The maximum absolute atomic E-state index is 13.3. The number of aliphatic hydroxyl groups excluding tert-OH is 1. The van der Waals surface area contributed by atoms with Gasteiger partial charge in [-0.1, -0.05) is 15.9 Å². The van der Waals surface area contributed by atoms with Gasteiger partial charge in [0.1, 0.15) is 5.69 Å². The lowest BCUT2D eigenvalue weighted by atomic mass is 10.3. The molecule has 5 heteroatoms. The van der Waals surface area contributed by atoms with Crippen molar-refractivity contribution in [1.82, 2.24) is 0 Å². The van der Waals surface area contributed by atoms with Crippen molar-refractivity contribution in [3.63, 3.8) is 0 Å². The van der Waals surface area contributed by atoms with Crippen molar-refractivity contribution in [2.24, 2.45) is 0 Å². The third kappa shape index (κ3) is 1.28. The van der Waals surface area contributed by atoms with Crippen LogP contribution >= 0.6 is 15.9 Å². The smallest absolute Gasteiger partial charge is 0.281 e. The van der Waals surface area contributed by atoms with Crippen LogP contribution in [0.3, 0.4) is 0 Å². The van der Waals surface area contributed by atoms with Gasteiger partial charge in [0.25, 0.3) is 6.41 Å². The zero-order valence-corrected chi connectivity index (χ0v) is 8.38.